The summed E-state index contributed by atoms with van der Waals surface area (Å²) in [5.41, 5.74) is 9.89. The Labute approximate surface area is 124 Å². The van der Waals surface area contributed by atoms with E-state index in [1.165, 1.54) is 16.7 Å². The van der Waals surface area contributed by atoms with Crippen LogP contribution in [0.1, 0.15) is 51.3 Å². The molecule has 0 aliphatic heterocycles. The first-order valence-corrected chi connectivity index (χ1v) is 6.78. The van der Waals surface area contributed by atoms with Crippen molar-refractivity contribution < 1.29 is 4.74 Å². The summed E-state index contributed by atoms with van der Waals surface area (Å²) in [4.78, 5) is 0. The van der Waals surface area contributed by atoms with Crippen LogP contribution in [0.3, 0.4) is 0 Å². The molecule has 0 heterocycles. The van der Waals surface area contributed by atoms with Crippen molar-refractivity contribution >= 4 is 12.4 Å². The van der Waals surface area contributed by atoms with E-state index in [1.54, 1.807) is 0 Å². The van der Waals surface area contributed by atoms with Crippen molar-refractivity contribution in [3.8, 4) is 5.75 Å². The van der Waals surface area contributed by atoms with E-state index in [2.05, 4.69) is 39.8 Å². The number of nitrogens with two attached hydrogens (primary N) is 1. The fourth-order valence-electron chi connectivity index (χ4n) is 2.13. The van der Waals surface area contributed by atoms with Crippen molar-refractivity contribution in [2.75, 3.05) is 6.61 Å². The molecular weight excluding hydrogens is 258 g/mol. The molecule has 0 amide bonds. The molecule has 3 heteroatoms. The van der Waals surface area contributed by atoms with Gasteiger partial charge in [-0.2, -0.15) is 0 Å². The molecule has 0 aliphatic rings. The van der Waals surface area contributed by atoms with Gasteiger partial charge in [0.2, 0.25) is 0 Å². The summed E-state index contributed by atoms with van der Waals surface area (Å²) in [7, 11) is 0. The molecule has 1 atom stereocenters. The highest BCUT2D eigenvalue weighted by Crippen LogP contribution is 2.32. The second-order valence-corrected chi connectivity index (χ2v) is 6.15. The van der Waals surface area contributed by atoms with Crippen LogP contribution in [0.2, 0.25) is 0 Å². The van der Waals surface area contributed by atoms with Crippen molar-refractivity contribution in [1.29, 1.82) is 0 Å². The predicted octanol–water partition coefficient (Wildman–Crippen LogP) is 4.00. The minimum Gasteiger partial charge on any atom is -0.493 e. The molecule has 0 bridgehead atoms. The summed E-state index contributed by atoms with van der Waals surface area (Å²) in [6, 6.07) is 4.63. The number of halogens is 1. The molecule has 2 N–H and O–H groups in total. The van der Waals surface area contributed by atoms with Gasteiger partial charge in [-0.25, -0.2) is 0 Å². The lowest BCUT2D eigenvalue weighted by atomic mass is 9.84. The third-order valence-electron chi connectivity index (χ3n) is 3.05. The Balaban J connectivity index is 0.00000324. The van der Waals surface area contributed by atoms with Crippen molar-refractivity contribution in [3.63, 3.8) is 0 Å². The van der Waals surface area contributed by atoms with Gasteiger partial charge in [0.1, 0.15) is 5.75 Å². The highest BCUT2D eigenvalue weighted by molar-refractivity contribution is 5.85. The lowest BCUT2D eigenvalue weighted by Crippen LogP contribution is -2.20. The van der Waals surface area contributed by atoms with Gasteiger partial charge in [0.05, 0.1) is 6.61 Å². The third-order valence-corrected chi connectivity index (χ3v) is 3.05. The monoisotopic (exact) mass is 285 g/mol. The van der Waals surface area contributed by atoms with Gasteiger partial charge in [-0.15, -0.1) is 12.4 Å². The van der Waals surface area contributed by atoms with E-state index >= 15 is 0 Å². The summed E-state index contributed by atoms with van der Waals surface area (Å²) in [5.74, 6) is 1.02. The maximum Gasteiger partial charge on any atom is 0.125 e. The van der Waals surface area contributed by atoms with Crippen molar-refractivity contribution in [1.82, 2.24) is 0 Å². The zero-order valence-electron chi connectivity index (χ0n) is 13.0. The van der Waals surface area contributed by atoms with Crippen LogP contribution in [0.4, 0.5) is 0 Å². The number of aryl methyl sites for hydroxylation is 1. The first-order valence-electron chi connectivity index (χ1n) is 6.78. The van der Waals surface area contributed by atoms with Crippen LogP contribution in [0.15, 0.2) is 12.1 Å². The van der Waals surface area contributed by atoms with Gasteiger partial charge in [-0.3, -0.25) is 0 Å². The van der Waals surface area contributed by atoms with Gasteiger partial charge in [-0.1, -0.05) is 32.9 Å². The van der Waals surface area contributed by atoms with Crippen LogP contribution >= 0.6 is 12.4 Å². The zero-order chi connectivity index (χ0) is 13.9. The first-order chi connectivity index (χ1) is 8.25. The van der Waals surface area contributed by atoms with E-state index in [0.717, 1.165) is 12.2 Å². The van der Waals surface area contributed by atoms with Crippen molar-refractivity contribution in [2.45, 2.75) is 59.4 Å². The highest BCUT2D eigenvalue weighted by atomic mass is 35.5. The Hall–Kier alpha value is -0.730. The number of hydrogen-bond acceptors (Lipinski definition) is 2. The minimum atomic E-state index is 0. The quantitative estimate of drug-likeness (QED) is 0.907. The Morgan fingerprint density at radius 1 is 1.26 bits per heavy atom. The Morgan fingerprint density at radius 2 is 1.84 bits per heavy atom. The fourth-order valence-corrected chi connectivity index (χ4v) is 2.13. The van der Waals surface area contributed by atoms with E-state index in [9.17, 15) is 0 Å². The van der Waals surface area contributed by atoms with Crippen LogP contribution in [-0.2, 0) is 11.8 Å². The normalized spacial score (nSPS) is 12.8. The molecular formula is C16H28ClNO. The van der Waals surface area contributed by atoms with Crippen LogP contribution in [0.5, 0.6) is 5.75 Å². The summed E-state index contributed by atoms with van der Waals surface area (Å²) in [6.45, 7) is 13.6. The molecule has 0 aliphatic carbocycles. The molecule has 1 rings (SSSR count). The van der Waals surface area contributed by atoms with Crippen LogP contribution < -0.4 is 10.5 Å². The predicted molar refractivity (Wildman–Crippen MR) is 85.6 cm³/mol. The molecule has 0 saturated heterocycles. The molecule has 1 aromatic rings. The van der Waals surface area contributed by atoms with Gasteiger partial charge in [0.15, 0.2) is 0 Å². The van der Waals surface area contributed by atoms with Gasteiger partial charge in [0.25, 0.3) is 0 Å². The molecule has 0 aromatic heterocycles. The number of benzene rings is 1. The summed E-state index contributed by atoms with van der Waals surface area (Å²) >= 11 is 0. The molecule has 19 heavy (non-hydrogen) atoms. The average molecular weight is 286 g/mol. The number of rotatable bonds is 4. The van der Waals surface area contributed by atoms with Gasteiger partial charge < -0.3 is 10.5 Å². The SMILES string of the molecule is CCOc1c(C)cc(C(C)(C)C)cc1CC(C)N.Cl. The fraction of sp³-hybridized carbons (Fsp3) is 0.625. The highest BCUT2D eigenvalue weighted by Gasteiger charge is 2.18. The lowest BCUT2D eigenvalue weighted by molar-refractivity contribution is 0.333. The van der Waals surface area contributed by atoms with E-state index < -0.39 is 0 Å². The summed E-state index contributed by atoms with van der Waals surface area (Å²) < 4.78 is 5.78. The van der Waals surface area contributed by atoms with E-state index in [-0.39, 0.29) is 23.9 Å². The Morgan fingerprint density at radius 3 is 2.26 bits per heavy atom. The lowest BCUT2D eigenvalue weighted by Gasteiger charge is -2.23. The van der Waals surface area contributed by atoms with E-state index in [1.807, 2.05) is 13.8 Å². The maximum absolute atomic E-state index is 5.94. The van der Waals surface area contributed by atoms with E-state index in [0.29, 0.717) is 6.61 Å². The van der Waals surface area contributed by atoms with Crippen LogP contribution in [0.25, 0.3) is 0 Å². The number of hydrogen-bond donors (Lipinski definition) is 1. The van der Waals surface area contributed by atoms with Gasteiger partial charge >= 0.3 is 0 Å². The van der Waals surface area contributed by atoms with Crippen LogP contribution in [0, 0.1) is 6.92 Å². The third kappa shape index (κ3) is 5.04. The first kappa shape index (κ1) is 18.3. The molecule has 0 fully saturated rings. The molecule has 0 saturated carbocycles. The Bertz CT molecular complexity index is 408. The molecule has 1 unspecified atom stereocenters. The molecule has 110 valence electrons. The van der Waals surface area contributed by atoms with E-state index in [4.69, 9.17) is 10.5 Å². The molecule has 0 spiro atoms. The van der Waals surface area contributed by atoms with Gasteiger partial charge in [0, 0.05) is 6.04 Å². The molecule has 0 radical (unpaired) electrons. The molecule has 2 nitrogen and oxygen atoms in total. The largest absolute Gasteiger partial charge is 0.493 e. The number of ether oxygens (including phenoxy) is 1. The smallest absolute Gasteiger partial charge is 0.125 e. The topological polar surface area (TPSA) is 35.2 Å². The Kier molecular flexibility index (Phi) is 6.88. The summed E-state index contributed by atoms with van der Waals surface area (Å²) in [5, 5.41) is 0. The standard InChI is InChI=1S/C16H27NO.ClH/c1-7-18-15-11(2)8-14(16(4,5)6)10-13(15)9-12(3)17;/h8,10,12H,7,9,17H2,1-6H3;1H. The van der Waals surface area contributed by atoms with Crippen molar-refractivity contribution in [3.05, 3.63) is 28.8 Å². The minimum absolute atomic E-state index is 0. The van der Waals surface area contributed by atoms with Crippen molar-refractivity contribution in [2.24, 2.45) is 5.73 Å². The summed E-state index contributed by atoms with van der Waals surface area (Å²) in [6.07, 6.45) is 0.861. The second kappa shape index (κ2) is 7.16. The van der Waals surface area contributed by atoms with Crippen LogP contribution in [-0.4, -0.2) is 12.6 Å². The molecule has 1 aromatic carbocycles. The maximum atomic E-state index is 5.94. The average Bonchev–Trinajstić information content (AvgIpc) is 2.20. The van der Waals surface area contributed by atoms with Gasteiger partial charge in [-0.05, 0) is 49.3 Å². The zero-order valence-corrected chi connectivity index (χ0v) is 13.9. The second-order valence-electron chi connectivity index (χ2n) is 6.15.